The number of aromatic nitrogens is 3. The maximum absolute atomic E-state index is 13.4. The molecule has 4 rings (SSSR count). The number of carbonyl (C=O) groups excluding carboxylic acids is 1. The first kappa shape index (κ1) is 17.6. The monoisotopic (exact) mass is 366 g/mol. The fraction of sp³-hybridized carbons (Fsp3) is 0.429. The van der Waals surface area contributed by atoms with Crippen LogP contribution in [0.1, 0.15) is 34.7 Å². The van der Waals surface area contributed by atoms with Gasteiger partial charge in [0.15, 0.2) is 0 Å². The van der Waals surface area contributed by atoms with Gasteiger partial charge in [-0.15, -0.1) is 0 Å². The molecule has 1 aliphatic heterocycles. The second-order valence-corrected chi connectivity index (χ2v) is 7.61. The van der Waals surface area contributed by atoms with E-state index in [9.17, 15) is 9.90 Å². The number of phenolic OH excluding ortho intramolecular Hbond substituents is 1. The Hall–Kier alpha value is -2.76. The van der Waals surface area contributed by atoms with E-state index in [4.69, 9.17) is 0 Å². The molecule has 1 N–H and O–H groups in total. The van der Waals surface area contributed by atoms with Crippen molar-refractivity contribution in [2.75, 3.05) is 13.1 Å². The number of aromatic hydroxyl groups is 1. The lowest BCUT2D eigenvalue weighted by atomic mass is 9.96. The summed E-state index contributed by atoms with van der Waals surface area (Å²) in [4.78, 5) is 19.7. The van der Waals surface area contributed by atoms with Gasteiger partial charge in [-0.3, -0.25) is 4.79 Å². The Balaban J connectivity index is 1.61. The molecular formula is C21H26N4O2. The molecule has 1 amide bonds. The van der Waals surface area contributed by atoms with Crippen molar-refractivity contribution < 1.29 is 9.90 Å². The van der Waals surface area contributed by atoms with Crippen molar-refractivity contribution in [2.24, 2.45) is 13.0 Å². The highest BCUT2D eigenvalue weighted by Crippen LogP contribution is 2.30. The Morgan fingerprint density at radius 1 is 1.33 bits per heavy atom. The van der Waals surface area contributed by atoms with Crippen LogP contribution in [0.3, 0.4) is 0 Å². The predicted molar refractivity (Wildman–Crippen MR) is 105 cm³/mol. The molecular weight excluding hydrogens is 340 g/mol. The average molecular weight is 366 g/mol. The number of phenols is 1. The highest BCUT2D eigenvalue weighted by molar-refractivity contribution is 6.08. The number of benzene rings is 1. The molecule has 0 bridgehead atoms. The standard InChI is InChI=1S/C21H26N4O2/c1-14-20(18-11-17(26)6-7-19(18)23(14)3)21(27)25-9-4-5-16(13-25)12-24-10-8-22-15(24)2/h6-8,10-11,16,26H,4-5,9,12-13H2,1-3H3/t16-/m1/s1. The molecule has 3 heterocycles. The molecule has 142 valence electrons. The van der Waals surface area contributed by atoms with E-state index in [0.29, 0.717) is 11.5 Å². The van der Waals surface area contributed by atoms with Gasteiger partial charge in [0, 0.05) is 55.7 Å². The fourth-order valence-corrected chi connectivity index (χ4v) is 4.26. The minimum Gasteiger partial charge on any atom is -0.508 e. The van der Waals surface area contributed by atoms with E-state index in [1.54, 1.807) is 12.1 Å². The number of fused-ring (bicyclic) bond motifs is 1. The highest BCUT2D eigenvalue weighted by atomic mass is 16.3. The van der Waals surface area contributed by atoms with Gasteiger partial charge < -0.3 is 19.1 Å². The summed E-state index contributed by atoms with van der Waals surface area (Å²) in [7, 11) is 1.96. The van der Waals surface area contributed by atoms with Crippen LogP contribution >= 0.6 is 0 Å². The van der Waals surface area contributed by atoms with Crippen LogP contribution in [0.4, 0.5) is 0 Å². The van der Waals surface area contributed by atoms with Crippen LogP contribution in [0, 0.1) is 19.8 Å². The van der Waals surface area contributed by atoms with Gasteiger partial charge in [-0.05, 0) is 50.8 Å². The molecule has 2 aromatic heterocycles. The zero-order chi connectivity index (χ0) is 19.1. The number of amides is 1. The van der Waals surface area contributed by atoms with E-state index in [-0.39, 0.29) is 11.7 Å². The first-order valence-corrected chi connectivity index (χ1v) is 9.50. The predicted octanol–water partition coefficient (Wildman–Crippen LogP) is 3.25. The third-order valence-electron chi connectivity index (χ3n) is 5.87. The molecule has 27 heavy (non-hydrogen) atoms. The van der Waals surface area contributed by atoms with Crippen LogP contribution in [-0.2, 0) is 13.6 Å². The van der Waals surface area contributed by atoms with Crippen LogP contribution < -0.4 is 0 Å². The number of likely N-dealkylation sites (tertiary alicyclic amines) is 1. The molecule has 1 atom stereocenters. The third-order valence-corrected chi connectivity index (χ3v) is 5.87. The first-order chi connectivity index (χ1) is 13.0. The maximum atomic E-state index is 13.4. The number of imidazole rings is 1. The van der Waals surface area contributed by atoms with Gasteiger partial charge in [-0.1, -0.05) is 0 Å². The molecule has 3 aromatic rings. The first-order valence-electron chi connectivity index (χ1n) is 9.50. The summed E-state index contributed by atoms with van der Waals surface area (Å²) in [5.74, 6) is 1.70. The summed E-state index contributed by atoms with van der Waals surface area (Å²) in [6.45, 7) is 6.42. The number of aryl methyl sites for hydroxylation is 2. The summed E-state index contributed by atoms with van der Waals surface area (Å²) >= 11 is 0. The van der Waals surface area contributed by atoms with E-state index in [1.165, 1.54) is 0 Å². The van der Waals surface area contributed by atoms with Crippen molar-refractivity contribution in [3.05, 3.63) is 47.7 Å². The molecule has 0 aliphatic carbocycles. The summed E-state index contributed by atoms with van der Waals surface area (Å²) in [5.41, 5.74) is 2.62. The molecule has 0 unspecified atom stereocenters. The minimum atomic E-state index is 0.0655. The molecule has 1 fully saturated rings. The van der Waals surface area contributed by atoms with Crippen molar-refractivity contribution in [1.82, 2.24) is 19.0 Å². The average Bonchev–Trinajstić information content (AvgIpc) is 3.16. The summed E-state index contributed by atoms with van der Waals surface area (Å²) < 4.78 is 4.19. The fourth-order valence-electron chi connectivity index (χ4n) is 4.26. The third kappa shape index (κ3) is 3.09. The highest BCUT2D eigenvalue weighted by Gasteiger charge is 2.28. The summed E-state index contributed by atoms with van der Waals surface area (Å²) in [6, 6.07) is 5.24. The number of nitrogens with zero attached hydrogens (tertiary/aromatic N) is 4. The molecule has 0 spiro atoms. The van der Waals surface area contributed by atoms with E-state index in [1.807, 2.05) is 48.8 Å². The van der Waals surface area contributed by atoms with Crippen LogP contribution in [-0.4, -0.2) is 43.1 Å². The van der Waals surface area contributed by atoms with Crippen molar-refractivity contribution in [3.63, 3.8) is 0 Å². The molecule has 1 aromatic carbocycles. The van der Waals surface area contributed by atoms with Gasteiger partial charge in [0.1, 0.15) is 11.6 Å². The van der Waals surface area contributed by atoms with Crippen molar-refractivity contribution in [3.8, 4) is 5.75 Å². The molecule has 0 radical (unpaired) electrons. The van der Waals surface area contributed by atoms with Crippen molar-refractivity contribution in [2.45, 2.75) is 33.2 Å². The normalized spacial score (nSPS) is 17.6. The summed E-state index contributed by atoms with van der Waals surface area (Å²) in [6.07, 6.45) is 5.97. The quantitative estimate of drug-likeness (QED) is 0.774. The van der Waals surface area contributed by atoms with E-state index < -0.39 is 0 Å². The van der Waals surface area contributed by atoms with Crippen LogP contribution in [0.15, 0.2) is 30.6 Å². The number of piperidine rings is 1. The lowest BCUT2D eigenvalue weighted by molar-refractivity contribution is 0.0663. The summed E-state index contributed by atoms with van der Waals surface area (Å²) in [5, 5.41) is 10.7. The van der Waals surface area contributed by atoms with Gasteiger partial charge in [-0.2, -0.15) is 0 Å². The number of carbonyl (C=O) groups is 1. The Labute approximate surface area is 159 Å². The zero-order valence-corrected chi connectivity index (χ0v) is 16.1. The largest absolute Gasteiger partial charge is 0.508 e. The lowest BCUT2D eigenvalue weighted by Crippen LogP contribution is -2.41. The van der Waals surface area contributed by atoms with Gasteiger partial charge in [0.05, 0.1) is 5.56 Å². The SMILES string of the molecule is Cc1nccn1C[C@H]1CCCN(C(=O)c2c(C)n(C)c3ccc(O)cc23)C1. The maximum Gasteiger partial charge on any atom is 0.256 e. The zero-order valence-electron chi connectivity index (χ0n) is 16.1. The number of rotatable bonds is 3. The molecule has 1 saturated heterocycles. The van der Waals surface area contributed by atoms with Crippen LogP contribution in [0.2, 0.25) is 0 Å². The molecule has 1 aliphatic rings. The topological polar surface area (TPSA) is 63.3 Å². The van der Waals surface area contributed by atoms with Gasteiger partial charge in [0.25, 0.3) is 5.91 Å². The Morgan fingerprint density at radius 3 is 2.89 bits per heavy atom. The van der Waals surface area contributed by atoms with Crippen molar-refractivity contribution in [1.29, 1.82) is 0 Å². The Morgan fingerprint density at radius 2 is 2.15 bits per heavy atom. The Bertz CT molecular complexity index is 1000. The van der Waals surface area contributed by atoms with Crippen LogP contribution in [0.5, 0.6) is 5.75 Å². The second-order valence-electron chi connectivity index (χ2n) is 7.61. The smallest absolute Gasteiger partial charge is 0.256 e. The van der Waals surface area contributed by atoms with Crippen molar-refractivity contribution >= 4 is 16.8 Å². The molecule has 6 nitrogen and oxygen atoms in total. The lowest BCUT2D eigenvalue weighted by Gasteiger charge is -2.33. The van der Waals surface area contributed by atoms with Crippen LogP contribution in [0.25, 0.3) is 10.9 Å². The van der Waals surface area contributed by atoms with E-state index in [0.717, 1.165) is 54.9 Å². The van der Waals surface area contributed by atoms with E-state index in [2.05, 4.69) is 9.55 Å². The minimum absolute atomic E-state index is 0.0655. The van der Waals surface area contributed by atoms with E-state index >= 15 is 0 Å². The second kappa shape index (κ2) is 6.76. The number of hydrogen-bond acceptors (Lipinski definition) is 3. The molecule has 0 saturated carbocycles. The number of hydrogen-bond donors (Lipinski definition) is 1. The van der Waals surface area contributed by atoms with Gasteiger partial charge in [0.2, 0.25) is 0 Å². The van der Waals surface area contributed by atoms with Gasteiger partial charge in [-0.25, -0.2) is 4.98 Å². The molecule has 6 heteroatoms. The Kier molecular flexibility index (Phi) is 4.42. The van der Waals surface area contributed by atoms with Gasteiger partial charge >= 0.3 is 0 Å².